The number of amides is 1. The highest BCUT2D eigenvalue weighted by atomic mass is 35.5. The molecule has 0 radical (unpaired) electrons. The largest absolute Gasteiger partial charge is 0.478 e. The van der Waals surface area contributed by atoms with Crippen LogP contribution >= 0.6 is 23.2 Å². The fourth-order valence-electron chi connectivity index (χ4n) is 2.67. The summed E-state index contributed by atoms with van der Waals surface area (Å²) in [5, 5.41) is 22.2. The zero-order chi connectivity index (χ0) is 19.9. The third-order valence-electron chi connectivity index (χ3n) is 3.87. The number of nitrogens with one attached hydrogen (secondary N) is 1. The SMILES string of the molecule is O=C(Nc1c(Cl)c(Cl)c2c(c1[N+](=O)[O-])CC(C(=O)O)O2)c1ccccc1F. The summed E-state index contributed by atoms with van der Waals surface area (Å²) in [6.07, 6.45) is -1.73. The second-order valence-corrected chi connectivity index (χ2v) is 6.26. The second-order valence-electron chi connectivity index (χ2n) is 5.50. The summed E-state index contributed by atoms with van der Waals surface area (Å²) in [5.74, 6) is -3.40. The first-order valence-corrected chi connectivity index (χ1v) is 8.11. The van der Waals surface area contributed by atoms with Gasteiger partial charge in [0, 0.05) is 6.42 Å². The summed E-state index contributed by atoms with van der Waals surface area (Å²) in [4.78, 5) is 34.2. The van der Waals surface area contributed by atoms with Crippen LogP contribution < -0.4 is 10.1 Å². The Kier molecular flexibility index (Phi) is 4.90. The fourth-order valence-corrected chi connectivity index (χ4v) is 3.14. The van der Waals surface area contributed by atoms with Gasteiger partial charge in [-0.3, -0.25) is 14.9 Å². The minimum absolute atomic E-state index is 0.120. The van der Waals surface area contributed by atoms with E-state index in [1.165, 1.54) is 18.2 Å². The molecule has 1 aliphatic rings. The monoisotopic (exact) mass is 414 g/mol. The van der Waals surface area contributed by atoms with Crippen LogP contribution in [0.5, 0.6) is 5.75 Å². The molecule has 27 heavy (non-hydrogen) atoms. The fraction of sp³-hybridized carbons (Fsp3) is 0.125. The van der Waals surface area contributed by atoms with Gasteiger partial charge < -0.3 is 15.2 Å². The van der Waals surface area contributed by atoms with Crippen molar-refractivity contribution in [3.63, 3.8) is 0 Å². The van der Waals surface area contributed by atoms with E-state index in [4.69, 9.17) is 33.0 Å². The number of hydrogen-bond acceptors (Lipinski definition) is 5. The highest BCUT2D eigenvalue weighted by Crippen LogP contribution is 2.51. The van der Waals surface area contributed by atoms with Crippen LogP contribution in [0.15, 0.2) is 24.3 Å². The molecule has 0 saturated heterocycles. The van der Waals surface area contributed by atoms with E-state index < -0.39 is 45.1 Å². The number of nitrogens with zero attached hydrogens (tertiary/aromatic N) is 1. The van der Waals surface area contributed by atoms with Crippen molar-refractivity contribution in [1.29, 1.82) is 0 Å². The van der Waals surface area contributed by atoms with Gasteiger partial charge in [-0.2, -0.15) is 0 Å². The van der Waals surface area contributed by atoms with Gasteiger partial charge in [0.2, 0.25) is 0 Å². The summed E-state index contributed by atoms with van der Waals surface area (Å²) in [6.45, 7) is 0. The Balaban J connectivity index is 2.12. The van der Waals surface area contributed by atoms with Gasteiger partial charge in [-0.15, -0.1) is 0 Å². The highest BCUT2D eigenvalue weighted by molar-refractivity contribution is 6.45. The number of ether oxygens (including phenoxy) is 1. The zero-order valence-electron chi connectivity index (χ0n) is 13.2. The van der Waals surface area contributed by atoms with E-state index in [9.17, 15) is 24.1 Å². The van der Waals surface area contributed by atoms with Crippen LogP contribution in [0.25, 0.3) is 0 Å². The molecule has 0 aliphatic carbocycles. The lowest BCUT2D eigenvalue weighted by Crippen LogP contribution is -2.24. The van der Waals surface area contributed by atoms with E-state index in [0.29, 0.717) is 0 Å². The third kappa shape index (κ3) is 3.26. The summed E-state index contributed by atoms with van der Waals surface area (Å²) in [7, 11) is 0. The Morgan fingerprint density at radius 1 is 1.30 bits per heavy atom. The van der Waals surface area contributed by atoms with Gasteiger partial charge in [0.05, 0.1) is 21.1 Å². The molecule has 0 saturated carbocycles. The first-order valence-electron chi connectivity index (χ1n) is 7.36. The molecule has 2 N–H and O–H groups in total. The van der Waals surface area contributed by atoms with Crippen LogP contribution in [0, 0.1) is 15.9 Å². The van der Waals surface area contributed by atoms with E-state index in [1.807, 2.05) is 0 Å². The number of carbonyl (C=O) groups excluding carboxylic acids is 1. The number of aliphatic carboxylic acids is 1. The standard InChI is InChI=1S/C16H9Cl2FN2O6/c17-10-11(18)14-7(5-9(27-14)16(23)24)13(21(25)26)12(10)20-15(22)6-3-1-2-4-8(6)19/h1-4,9H,5H2,(H,20,22)(H,23,24). The van der Waals surface area contributed by atoms with Crippen molar-refractivity contribution < 1.29 is 28.7 Å². The van der Waals surface area contributed by atoms with Gasteiger partial charge in [0.1, 0.15) is 16.5 Å². The van der Waals surface area contributed by atoms with Crippen molar-refractivity contribution in [2.24, 2.45) is 0 Å². The summed E-state index contributed by atoms with van der Waals surface area (Å²) in [6, 6.07) is 5.01. The quantitative estimate of drug-likeness (QED) is 0.581. The minimum Gasteiger partial charge on any atom is -0.478 e. The maximum Gasteiger partial charge on any atom is 0.345 e. The van der Waals surface area contributed by atoms with E-state index in [0.717, 1.165) is 6.07 Å². The number of rotatable bonds is 4. The number of nitro groups is 1. The van der Waals surface area contributed by atoms with Crippen LogP contribution in [0.2, 0.25) is 10.0 Å². The Morgan fingerprint density at radius 3 is 2.56 bits per heavy atom. The summed E-state index contributed by atoms with van der Waals surface area (Å²) < 4.78 is 18.9. The topological polar surface area (TPSA) is 119 Å². The lowest BCUT2D eigenvalue weighted by Gasteiger charge is -2.13. The number of carboxylic acids is 1. The molecular formula is C16H9Cl2FN2O6. The molecule has 1 atom stereocenters. The van der Waals surface area contributed by atoms with Gasteiger partial charge >= 0.3 is 11.7 Å². The molecule has 1 amide bonds. The lowest BCUT2D eigenvalue weighted by molar-refractivity contribution is -0.384. The average Bonchev–Trinajstić information content (AvgIpc) is 3.04. The summed E-state index contributed by atoms with van der Waals surface area (Å²) >= 11 is 12.1. The van der Waals surface area contributed by atoms with E-state index in [-0.39, 0.29) is 28.3 Å². The number of benzene rings is 2. The van der Waals surface area contributed by atoms with Gasteiger partial charge in [-0.05, 0) is 12.1 Å². The van der Waals surface area contributed by atoms with E-state index in [2.05, 4.69) is 5.32 Å². The number of fused-ring (bicyclic) bond motifs is 1. The first kappa shape index (κ1) is 18.9. The van der Waals surface area contributed by atoms with Crippen LogP contribution in [-0.4, -0.2) is 28.0 Å². The third-order valence-corrected chi connectivity index (χ3v) is 4.71. The van der Waals surface area contributed by atoms with Crippen LogP contribution in [0.3, 0.4) is 0 Å². The second kappa shape index (κ2) is 7.01. The van der Waals surface area contributed by atoms with E-state index >= 15 is 0 Å². The van der Waals surface area contributed by atoms with Gasteiger partial charge in [-0.1, -0.05) is 35.3 Å². The van der Waals surface area contributed by atoms with Gasteiger partial charge in [-0.25, -0.2) is 9.18 Å². The highest BCUT2D eigenvalue weighted by Gasteiger charge is 2.40. The number of nitro benzene ring substituents is 1. The Hall–Kier alpha value is -2.91. The maximum atomic E-state index is 13.8. The van der Waals surface area contributed by atoms with Crippen molar-refractivity contribution in [3.8, 4) is 5.75 Å². The number of carbonyl (C=O) groups is 2. The lowest BCUT2D eigenvalue weighted by atomic mass is 10.1. The summed E-state index contributed by atoms with van der Waals surface area (Å²) in [5.41, 5.74) is -1.61. The molecule has 1 aliphatic heterocycles. The number of anilines is 1. The number of halogens is 3. The molecule has 11 heteroatoms. The predicted octanol–water partition coefficient (Wildman–Crippen LogP) is 3.68. The molecular weight excluding hydrogens is 406 g/mol. The van der Waals surface area contributed by atoms with Crippen LogP contribution in [0.1, 0.15) is 15.9 Å². The van der Waals surface area contributed by atoms with Crippen molar-refractivity contribution in [3.05, 3.63) is 61.4 Å². The Bertz CT molecular complexity index is 997. The molecule has 3 rings (SSSR count). The minimum atomic E-state index is -1.38. The number of hydrogen-bond donors (Lipinski definition) is 2. The van der Waals surface area contributed by atoms with Crippen molar-refractivity contribution >= 4 is 46.5 Å². The normalized spacial score (nSPS) is 15.0. The maximum absolute atomic E-state index is 13.8. The first-order chi connectivity index (χ1) is 12.7. The molecule has 8 nitrogen and oxygen atoms in total. The zero-order valence-corrected chi connectivity index (χ0v) is 14.7. The molecule has 0 aromatic heterocycles. The van der Waals surface area contributed by atoms with Crippen molar-refractivity contribution in [2.45, 2.75) is 12.5 Å². The molecule has 0 spiro atoms. The van der Waals surface area contributed by atoms with Crippen LogP contribution in [-0.2, 0) is 11.2 Å². The predicted molar refractivity (Wildman–Crippen MR) is 93.2 cm³/mol. The van der Waals surface area contributed by atoms with E-state index in [1.54, 1.807) is 0 Å². The molecule has 0 fully saturated rings. The van der Waals surface area contributed by atoms with Gasteiger partial charge in [0.15, 0.2) is 11.9 Å². The molecule has 2 aromatic carbocycles. The average molecular weight is 415 g/mol. The molecule has 0 bridgehead atoms. The molecule has 2 aromatic rings. The number of carboxylic acid groups (broad SMARTS) is 1. The van der Waals surface area contributed by atoms with Crippen molar-refractivity contribution in [2.75, 3.05) is 5.32 Å². The van der Waals surface area contributed by atoms with Crippen LogP contribution in [0.4, 0.5) is 15.8 Å². The smallest absolute Gasteiger partial charge is 0.345 e. The van der Waals surface area contributed by atoms with Crippen molar-refractivity contribution in [1.82, 2.24) is 0 Å². The Labute approximate surface area is 160 Å². The Morgan fingerprint density at radius 2 is 1.96 bits per heavy atom. The molecule has 1 heterocycles. The molecule has 140 valence electrons. The van der Waals surface area contributed by atoms with Gasteiger partial charge in [0.25, 0.3) is 5.91 Å². The molecule has 1 unspecified atom stereocenters.